The van der Waals surface area contributed by atoms with Crippen LogP contribution in [0.2, 0.25) is 0 Å². The van der Waals surface area contributed by atoms with Gasteiger partial charge < -0.3 is 34.6 Å². The fraction of sp³-hybridized carbons (Fsp3) is 0.571. The smallest absolute Gasteiger partial charge is 0.187 e. The molecule has 1 aliphatic heterocycles. The number of benzene rings is 1. The number of aliphatic hydroxyl groups is 4. The van der Waals surface area contributed by atoms with Crippen LogP contribution >= 0.6 is 0 Å². The van der Waals surface area contributed by atoms with Gasteiger partial charge in [0.1, 0.15) is 30.2 Å². The van der Waals surface area contributed by atoms with E-state index >= 15 is 0 Å². The highest BCUT2D eigenvalue weighted by atomic mass is 16.7. The summed E-state index contributed by atoms with van der Waals surface area (Å²) in [5, 5.41) is 38.2. The summed E-state index contributed by atoms with van der Waals surface area (Å²) >= 11 is 0. The van der Waals surface area contributed by atoms with E-state index in [0.717, 1.165) is 5.56 Å². The summed E-state index contributed by atoms with van der Waals surface area (Å²) in [5.74, 6) is 0.714. The first-order valence-electron chi connectivity index (χ1n) is 6.62. The van der Waals surface area contributed by atoms with Gasteiger partial charge in [0, 0.05) is 0 Å². The Kier molecular flexibility index (Phi) is 5.51. The largest absolute Gasteiger partial charge is 0.497 e. The molecule has 4 N–H and O–H groups in total. The predicted molar refractivity (Wildman–Crippen MR) is 71.6 cm³/mol. The molecule has 0 aliphatic carbocycles. The van der Waals surface area contributed by atoms with E-state index in [1.807, 2.05) is 0 Å². The molecule has 118 valence electrons. The van der Waals surface area contributed by atoms with Crippen molar-refractivity contribution in [1.82, 2.24) is 0 Å². The zero-order chi connectivity index (χ0) is 15.4. The van der Waals surface area contributed by atoms with E-state index < -0.39 is 37.3 Å². The molecular weight excluding hydrogens is 280 g/mol. The van der Waals surface area contributed by atoms with Crippen molar-refractivity contribution in [3.8, 4) is 5.75 Å². The molecule has 21 heavy (non-hydrogen) atoms. The molecule has 7 heteroatoms. The van der Waals surface area contributed by atoms with Gasteiger partial charge in [0.25, 0.3) is 0 Å². The molecule has 1 aromatic carbocycles. The lowest BCUT2D eigenvalue weighted by atomic mass is 9.99. The summed E-state index contributed by atoms with van der Waals surface area (Å²) in [6.07, 6.45) is -6.30. The fourth-order valence-corrected chi connectivity index (χ4v) is 2.11. The first-order valence-corrected chi connectivity index (χ1v) is 6.62. The number of rotatable bonds is 5. The van der Waals surface area contributed by atoms with E-state index in [-0.39, 0.29) is 6.61 Å². The van der Waals surface area contributed by atoms with Gasteiger partial charge in [-0.15, -0.1) is 0 Å². The van der Waals surface area contributed by atoms with Crippen molar-refractivity contribution in [3.05, 3.63) is 29.8 Å². The Balaban J connectivity index is 1.94. The second kappa shape index (κ2) is 7.17. The van der Waals surface area contributed by atoms with Gasteiger partial charge >= 0.3 is 0 Å². The van der Waals surface area contributed by atoms with Crippen LogP contribution in [0.4, 0.5) is 0 Å². The van der Waals surface area contributed by atoms with Gasteiger partial charge in [-0.2, -0.15) is 0 Å². The lowest BCUT2D eigenvalue weighted by molar-refractivity contribution is -0.304. The minimum Gasteiger partial charge on any atom is -0.497 e. The van der Waals surface area contributed by atoms with E-state index in [1.54, 1.807) is 31.4 Å². The predicted octanol–water partition coefficient (Wildman–Crippen LogP) is -0.988. The van der Waals surface area contributed by atoms with Crippen molar-refractivity contribution in [3.63, 3.8) is 0 Å². The quantitative estimate of drug-likeness (QED) is 0.553. The molecule has 1 aliphatic rings. The average molecular weight is 300 g/mol. The third-order valence-corrected chi connectivity index (χ3v) is 3.42. The Morgan fingerprint density at radius 3 is 2.29 bits per heavy atom. The molecule has 1 saturated heterocycles. The van der Waals surface area contributed by atoms with Gasteiger partial charge in [-0.1, -0.05) is 12.1 Å². The topological polar surface area (TPSA) is 109 Å². The molecule has 1 heterocycles. The highest BCUT2D eigenvalue weighted by Gasteiger charge is 2.43. The van der Waals surface area contributed by atoms with Crippen molar-refractivity contribution in [2.24, 2.45) is 0 Å². The second-order valence-electron chi connectivity index (χ2n) is 4.86. The molecule has 7 nitrogen and oxygen atoms in total. The fourth-order valence-electron chi connectivity index (χ4n) is 2.11. The molecule has 0 aromatic heterocycles. The molecule has 0 radical (unpaired) electrons. The van der Waals surface area contributed by atoms with E-state index in [9.17, 15) is 15.3 Å². The molecule has 1 fully saturated rings. The maximum absolute atomic E-state index is 9.82. The van der Waals surface area contributed by atoms with Crippen LogP contribution in [-0.4, -0.2) is 64.8 Å². The zero-order valence-electron chi connectivity index (χ0n) is 11.6. The van der Waals surface area contributed by atoms with E-state index in [1.165, 1.54) is 0 Å². The van der Waals surface area contributed by atoms with Crippen molar-refractivity contribution in [2.75, 3.05) is 13.7 Å². The van der Waals surface area contributed by atoms with Crippen LogP contribution in [0.25, 0.3) is 0 Å². The summed E-state index contributed by atoms with van der Waals surface area (Å²) in [5.41, 5.74) is 0.827. The molecule has 0 unspecified atom stereocenters. The summed E-state index contributed by atoms with van der Waals surface area (Å²) in [7, 11) is 1.57. The van der Waals surface area contributed by atoms with Crippen LogP contribution in [0.5, 0.6) is 5.75 Å². The molecule has 1 aromatic rings. The molecular formula is C14H20O7. The van der Waals surface area contributed by atoms with E-state index in [4.69, 9.17) is 19.3 Å². The Labute approximate surface area is 122 Å². The number of ether oxygens (including phenoxy) is 3. The molecule has 5 atom stereocenters. The first-order chi connectivity index (χ1) is 10.1. The van der Waals surface area contributed by atoms with Crippen molar-refractivity contribution in [2.45, 2.75) is 37.3 Å². The average Bonchev–Trinajstić information content (AvgIpc) is 2.52. The highest BCUT2D eigenvalue weighted by molar-refractivity contribution is 5.26. The van der Waals surface area contributed by atoms with Crippen LogP contribution in [0, 0.1) is 0 Å². The molecule has 0 amide bonds. The SMILES string of the molecule is COc1ccc(CO[C@H]2O[C@H](CO)[C@H](O)[C@H](O)[C@H]2O)cc1. The Morgan fingerprint density at radius 1 is 1.05 bits per heavy atom. The van der Waals surface area contributed by atoms with Gasteiger partial charge in [-0.3, -0.25) is 0 Å². The summed E-state index contributed by atoms with van der Waals surface area (Å²) in [4.78, 5) is 0. The summed E-state index contributed by atoms with van der Waals surface area (Å²) in [6, 6.07) is 7.13. The number of methoxy groups -OCH3 is 1. The van der Waals surface area contributed by atoms with E-state index in [2.05, 4.69) is 0 Å². The van der Waals surface area contributed by atoms with Gasteiger partial charge in [0.05, 0.1) is 20.3 Å². The zero-order valence-corrected chi connectivity index (χ0v) is 11.6. The Bertz CT molecular complexity index is 433. The summed E-state index contributed by atoms with van der Waals surface area (Å²) in [6.45, 7) is -0.333. The van der Waals surface area contributed by atoms with Gasteiger partial charge in [0.15, 0.2) is 6.29 Å². The van der Waals surface area contributed by atoms with Crippen molar-refractivity contribution >= 4 is 0 Å². The van der Waals surface area contributed by atoms with Gasteiger partial charge in [0.2, 0.25) is 0 Å². The highest BCUT2D eigenvalue weighted by Crippen LogP contribution is 2.23. The molecule has 0 spiro atoms. The normalized spacial score (nSPS) is 32.9. The maximum Gasteiger partial charge on any atom is 0.187 e. The monoisotopic (exact) mass is 300 g/mol. The van der Waals surface area contributed by atoms with Crippen molar-refractivity contribution < 1.29 is 34.6 Å². The number of hydrogen-bond acceptors (Lipinski definition) is 7. The van der Waals surface area contributed by atoms with Crippen LogP contribution < -0.4 is 4.74 Å². The third-order valence-electron chi connectivity index (χ3n) is 3.42. The van der Waals surface area contributed by atoms with Gasteiger partial charge in [-0.25, -0.2) is 0 Å². The van der Waals surface area contributed by atoms with Crippen LogP contribution in [-0.2, 0) is 16.1 Å². The Hall–Kier alpha value is -1.22. The molecule has 0 bridgehead atoms. The standard InChI is InChI=1S/C14H20O7/c1-19-9-4-2-8(3-5-9)7-20-14-13(18)12(17)11(16)10(6-15)21-14/h2-5,10-18H,6-7H2,1H3/t10-,11+,12+,13-,14+/m1/s1. The number of aliphatic hydroxyl groups excluding tert-OH is 4. The summed E-state index contributed by atoms with van der Waals surface area (Å²) < 4.78 is 15.7. The van der Waals surface area contributed by atoms with E-state index in [0.29, 0.717) is 5.75 Å². The minimum atomic E-state index is -1.43. The van der Waals surface area contributed by atoms with Crippen LogP contribution in [0.3, 0.4) is 0 Å². The first kappa shape index (κ1) is 16.2. The third kappa shape index (κ3) is 3.70. The van der Waals surface area contributed by atoms with Crippen molar-refractivity contribution in [1.29, 1.82) is 0 Å². The second-order valence-corrected chi connectivity index (χ2v) is 4.86. The van der Waals surface area contributed by atoms with Gasteiger partial charge in [-0.05, 0) is 17.7 Å². The molecule has 2 rings (SSSR count). The lowest BCUT2D eigenvalue weighted by Gasteiger charge is -2.39. The lowest BCUT2D eigenvalue weighted by Crippen LogP contribution is -2.59. The molecule has 0 saturated carbocycles. The minimum absolute atomic E-state index is 0.146. The Morgan fingerprint density at radius 2 is 1.71 bits per heavy atom. The maximum atomic E-state index is 9.82. The van der Waals surface area contributed by atoms with Crippen LogP contribution in [0.1, 0.15) is 5.56 Å². The van der Waals surface area contributed by atoms with Crippen LogP contribution in [0.15, 0.2) is 24.3 Å². The number of hydrogen-bond donors (Lipinski definition) is 4.